The number of rotatable bonds is 12. The van der Waals surface area contributed by atoms with Crippen LogP contribution in [0.1, 0.15) is 42.3 Å². The van der Waals surface area contributed by atoms with Gasteiger partial charge in [0.15, 0.2) is 18.1 Å². The quantitative estimate of drug-likeness (QED) is 0.146. The Kier molecular flexibility index (Phi) is 10.1. The van der Waals surface area contributed by atoms with Crippen molar-refractivity contribution in [2.45, 2.75) is 39.5 Å². The molecule has 0 saturated carbocycles. The van der Waals surface area contributed by atoms with E-state index in [1.165, 1.54) is 11.8 Å². The van der Waals surface area contributed by atoms with Crippen molar-refractivity contribution in [3.05, 3.63) is 105 Å². The molecule has 0 radical (unpaired) electrons. The molecular formula is C32H33BrN4O4. The number of anilines is 1. The minimum absolute atomic E-state index is 0.198. The summed E-state index contributed by atoms with van der Waals surface area (Å²) in [5.74, 6) is 1.20. The van der Waals surface area contributed by atoms with Crippen LogP contribution >= 0.6 is 15.9 Å². The molecule has 0 aliphatic heterocycles. The number of ether oxygens (including phenoxy) is 2. The van der Waals surface area contributed by atoms with Gasteiger partial charge in [-0.2, -0.15) is 9.78 Å². The molecule has 0 aliphatic carbocycles. The zero-order valence-electron chi connectivity index (χ0n) is 23.4. The molecule has 4 rings (SSSR count). The first-order chi connectivity index (χ1) is 19.8. The SMILES string of the molecule is C=CCc1cc(C=Nn2c(CCCC)nc3ccc(Br)cc3c2=O)cc(OC)c1OCC(=O)Nc1ccccc1C. The summed E-state index contributed by atoms with van der Waals surface area (Å²) in [6.07, 6.45) is 6.29. The number of aromatic nitrogens is 2. The van der Waals surface area contributed by atoms with Gasteiger partial charge in [0.25, 0.3) is 11.5 Å². The van der Waals surface area contributed by atoms with E-state index in [9.17, 15) is 9.59 Å². The standard InChI is InChI=1S/C32H33BrN4O4/c1-5-7-13-29-35-27-15-14-24(33)18-25(27)32(39)37(29)34-19-22-16-23(10-6-2)31(28(17-22)40-4)41-20-30(38)36-26-12-9-8-11-21(26)3/h6,8-9,11-12,14-19H,2,5,7,10,13,20H2,1,3-4H3,(H,36,38). The first-order valence-corrected chi connectivity index (χ1v) is 14.2. The molecule has 0 unspecified atom stereocenters. The number of halogens is 1. The van der Waals surface area contributed by atoms with E-state index in [2.05, 4.69) is 39.9 Å². The summed E-state index contributed by atoms with van der Waals surface area (Å²) in [5.41, 5.74) is 3.55. The second-order valence-electron chi connectivity index (χ2n) is 9.51. The molecule has 1 heterocycles. The second kappa shape index (κ2) is 13.9. The largest absolute Gasteiger partial charge is 0.493 e. The number of allylic oxidation sites excluding steroid dienone is 1. The predicted octanol–water partition coefficient (Wildman–Crippen LogP) is 6.45. The number of aryl methyl sites for hydroxylation is 2. The Bertz CT molecular complexity index is 1660. The normalized spacial score (nSPS) is 11.1. The lowest BCUT2D eigenvalue weighted by Gasteiger charge is -2.16. The van der Waals surface area contributed by atoms with Crippen molar-refractivity contribution >= 4 is 44.6 Å². The topological polar surface area (TPSA) is 94.8 Å². The van der Waals surface area contributed by atoms with Crippen molar-refractivity contribution in [2.75, 3.05) is 19.0 Å². The number of hydrogen-bond acceptors (Lipinski definition) is 6. The third-order valence-corrected chi connectivity index (χ3v) is 6.95. The van der Waals surface area contributed by atoms with Crippen LogP contribution in [0.5, 0.6) is 11.5 Å². The maximum atomic E-state index is 13.4. The lowest BCUT2D eigenvalue weighted by Crippen LogP contribution is -2.22. The van der Waals surface area contributed by atoms with Crippen LogP contribution in [0.2, 0.25) is 0 Å². The number of nitrogens with zero attached hydrogens (tertiary/aromatic N) is 3. The van der Waals surface area contributed by atoms with Gasteiger partial charge in [0.05, 0.1) is 24.2 Å². The Morgan fingerprint density at radius 1 is 1.20 bits per heavy atom. The van der Waals surface area contributed by atoms with E-state index in [-0.39, 0.29) is 18.1 Å². The van der Waals surface area contributed by atoms with Crippen molar-refractivity contribution in [1.29, 1.82) is 0 Å². The summed E-state index contributed by atoms with van der Waals surface area (Å²) in [4.78, 5) is 30.8. The molecule has 0 saturated heterocycles. The maximum absolute atomic E-state index is 13.4. The van der Waals surface area contributed by atoms with Gasteiger partial charge in [0.2, 0.25) is 0 Å². The van der Waals surface area contributed by atoms with Gasteiger partial charge >= 0.3 is 0 Å². The van der Waals surface area contributed by atoms with Crippen molar-refractivity contribution in [3.8, 4) is 11.5 Å². The van der Waals surface area contributed by atoms with Gasteiger partial charge in [0.1, 0.15) is 5.82 Å². The lowest BCUT2D eigenvalue weighted by atomic mass is 10.1. The number of hydrogen-bond donors (Lipinski definition) is 1. The summed E-state index contributed by atoms with van der Waals surface area (Å²) < 4.78 is 13.7. The highest BCUT2D eigenvalue weighted by atomic mass is 79.9. The van der Waals surface area contributed by atoms with Crippen LogP contribution in [0.3, 0.4) is 0 Å². The highest BCUT2D eigenvalue weighted by Gasteiger charge is 2.16. The number of nitrogens with one attached hydrogen (secondary N) is 1. The van der Waals surface area contributed by atoms with Gasteiger partial charge in [-0.1, -0.05) is 53.5 Å². The van der Waals surface area contributed by atoms with Crippen LogP contribution in [-0.2, 0) is 17.6 Å². The zero-order chi connectivity index (χ0) is 29.4. The first-order valence-electron chi connectivity index (χ1n) is 13.4. The average molecular weight is 618 g/mol. The van der Waals surface area contributed by atoms with Crippen LogP contribution in [0.4, 0.5) is 5.69 Å². The van der Waals surface area contributed by atoms with Crippen LogP contribution in [-0.4, -0.2) is 35.5 Å². The van der Waals surface area contributed by atoms with Gasteiger partial charge in [-0.3, -0.25) is 9.59 Å². The second-order valence-corrected chi connectivity index (χ2v) is 10.4. The first kappa shape index (κ1) is 29.7. The third kappa shape index (κ3) is 7.29. The maximum Gasteiger partial charge on any atom is 0.282 e. The summed E-state index contributed by atoms with van der Waals surface area (Å²) in [5, 5.41) is 7.91. The van der Waals surface area contributed by atoms with E-state index in [0.717, 1.165) is 34.1 Å². The summed E-state index contributed by atoms with van der Waals surface area (Å²) in [7, 11) is 1.53. The highest BCUT2D eigenvalue weighted by molar-refractivity contribution is 9.10. The van der Waals surface area contributed by atoms with Gasteiger partial charge < -0.3 is 14.8 Å². The monoisotopic (exact) mass is 616 g/mol. The van der Waals surface area contributed by atoms with E-state index in [0.29, 0.717) is 46.6 Å². The smallest absolute Gasteiger partial charge is 0.282 e. The molecule has 0 bridgehead atoms. The molecule has 1 N–H and O–H groups in total. The van der Waals surface area contributed by atoms with E-state index >= 15 is 0 Å². The Labute approximate surface area is 247 Å². The number of amides is 1. The fourth-order valence-corrected chi connectivity index (χ4v) is 4.71. The predicted molar refractivity (Wildman–Crippen MR) is 168 cm³/mol. The molecule has 1 aromatic heterocycles. The van der Waals surface area contributed by atoms with Crippen molar-refractivity contribution in [3.63, 3.8) is 0 Å². The Morgan fingerprint density at radius 2 is 2.00 bits per heavy atom. The minimum atomic E-state index is -0.286. The number of fused-ring (bicyclic) bond motifs is 1. The minimum Gasteiger partial charge on any atom is -0.493 e. The molecule has 0 aliphatic rings. The molecule has 212 valence electrons. The Hall–Kier alpha value is -4.24. The number of para-hydroxylation sites is 1. The Morgan fingerprint density at radius 3 is 2.73 bits per heavy atom. The van der Waals surface area contributed by atoms with Gasteiger partial charge in [-0.15, -0.1) is 6.58 Å². The number of methoxy groups -OCH3 is 1. The number of unbranched alkanes of at least 4 members (excludes halogenated alkanes) is 1. The lowest BCUT2D eigenvalue weighted by molar-refractivity contribution is -0.118. The fourth-order valence-electron chi connectivity index (χ4n) is 4.35. The summed E-state index contributed by atoms with van der Waals surface area (Å²) >= 11 is 3.44. The van der Waals surface area contributed by atoms with Crippen LogP contribution < -0.4 is 20.3 Å². The fraction of sp³-hybridized carbons (Fsp3) is 0.250. The zero-order valence-corrected chi connectivity index (χ0v) is 25.0. The molecule has 0 atom stereocenters. The van der Waals surface area contributed by atoms with Gasteiger partial charge in [-0.25, -0.2) is 4.98 Å². The Balaban J connectivity index is 1.65. The van der Waals surface area contributed by atoms with E-state index in [1.54, 1.807) is 24.4 Å². The molecule has 9 heteroatoms. The average Bonchev–Trinajstić information content (AvgIpc) is 2.96. The van der Waals surface area contributed by atoms with E-state index in [4.69, 9.17) is 14.5 Å². The van der Waals surface area contributed by atoms with Crippen LogP contribution in [0.15, 0.2) is 81.6 Å². The van der Waals surface area contributed by atoms with Gasteiger partial charge in [0, 0.05) is 22.1 Å². The van der Waals surface area contributed by atoms with Gasteiger partial charge in [-0.05, 0) is 67.3 Å². The van der Waals surface area contributed by atoms with E-state index < -0.39 is 0 Å². The highest BCUT2D eigenvalue weighted by Crippen LogP contribution is 2.33. The third-order valence-electron chi connectivity index (χ3n) is 6.46. The van der Waals surface area contributed by atoms with Crippen molar-refractivity contribution in [1.82, 2.24) is 9.66 Å². The van der Waals surface area contributed by atoms with Crippen LogP contribution in [0, 0.1) is 6.92 Å². The molecule has 4 aromatic rings. The van der Waals surface area contributed by atoms with Crippen LogP contribution in [0.25, 0.3) is 10.9 Å². The number of benzene rings is 3. The van der Waals surface area contributed by atoms with Crippen molar-refractivity contribution < 1.29 is 14.3 Å². The molecule has 0 spiro atoms. The number of carbonyl (C=O) groups excluding carboxylic acids is 1. The molecule has 8 nitrogen and oxygen atoms in total. The molecule has 1 amide bonds. The van der Waals surface area contributed by atoms with E-state index in [1.807, 2.05) is 49.4 Å². The molecule has 0 fully saturated rings. The van der Waals surface area contributed by atoms with Crippen molar-refractivity contribution in [2.24, 2.45) is 5.10 Å². The molecular weight excluding hydrogens is 584 g/mol. The summed E-state index contributed by atoms with van der Waals surface area (Å²) in [6, 6.07) is 16.6. The number of carbonyl (C=O) groups is 1. The molecule has 3 aromatic carbocycles. The molecule has 41 heavy (non-hydrogen) atoms. The summed E-state index contributed by atoms with van der Waals surface area (Å²) in [6.45, 7) is 7.68.